The Labute approximate surface area is 127 Å². The molecule has 4 heterocycles. The van der Waals surface area contributed by atoms with Crippen LogP contribution in [0.25, 0.3) is 16.9 Å². The molecule has 0 N–H and O–H groups in total. The highest BCUT2D eigenvalue weighted by Gasteiger charge is 2.16. The zero-order valence-electron chi connectivity index (χ0n) is 11.0. The first-order valence-electron chi connectivity index (χ1n) is 6.38. The summed E-state index contributed by atoms with van der Waals surface area (Å²) in [5.74, 6) is 0. The molecule has 0 aliphatic heterocycles. The summed E-state index contributed by atoms with van der Waals surface area (Å²) in [4.78, 5) is 12.9. The highest BCUT2D eigenvalue weighted by Crippen LogP contribution is 2.21. The molecule has 4 rings (SSSR count). The summed E-state index contributed by atoms with van der Waals surface area (Å²) in [6.45, 7) is 2.05. The van der Waals surface area contributed by atoms with Crippen LogP contribution in [0.4, 0.5) is 0 Å². The fourth-order valence-corrected chi connectivity index (χ4v) is 2.57. The fourth-order valence-electron chi connectivity index (χ4n) is 2.30. The molecule has 0 saturated heterocycles. The molecular formula is C13H10BrN7. The molecular weight excluding hydrogens is 334 g/mol. The maximum Gasteiger partial charge on any atom is 0.221 e. The third-order valence-electron chi connectivity index (χ3n) is 3.42. The lowest BCUT2D eigenvalue weighted by Gasteiger charge is -2.12. The van der Waals surface area contributed by atoms with E-state index >= 15 is 0 Å². The Morgan fingerprint density at radius 1 is 1.24 bits per heavy atom. The number of aromatic nitrogens is 7. The Morgan fingerprint density at radius 2 is 2.14 bits per heavy atom. The average Bonchev–Trinajstić information content (AvgIpc) is 3.11. The van der Waals surface area contributed by atoms with Crippen LogP contribution >= 0.6 is 15.9 Å². The Bertz CT molecular complexity index is 942. The molecule has 8 heteroatoms. The molecule has 0 saturated carbocycles. The van der Waals surface area contributed by atoms with Crippen molar-refractivity contribution in [2.75, 3.05) is 0 Å². The topological polar surface area (TPSA) is 73.8 Å². The van der Waals surface area contributed by atoms with Gasteiger partial charge in [-0.1, -0.05) is 11.3 Å². The lowest BCUT2D eigenvalue weighted by molar-refractivity contribution is 0.554. The quantitative estimate of drug-likeness (QED) is 0.558. The first kappa shape index (κ1) is 12.4. The number of halogens is 1. The number of hydrogen-bond acceptors (Lipinski definition) is 5. The molecule has 4 aromatic rings. The molecule has 0 bridgehead atoms. The number of pyridine rings is 1. The molecule has 0 fully saturated rings. The minimum atomic E-state index is -0.00889. The standard InChI is InChI=1S/C13H10BrN7/c1-8(9-2-3-11-15-4-5-20(11)7-9)21-13-12(18-19-21)16-6-10(14)17-13/h2-8H,1H3. The van der Waals surface area contributed by atoms with Gasteiger partial charge in [-0.15, -0.1) is 5.10 Å². The number of hydrogen-bond donors (Lipinski definition) is 0. The maximum absolute atomic E-state index is 4.41. The highest BCUT2D eigenvalue weighted by molar-refractivity contribution is 9.10. The molecule has 0 aliphatic carbocycles. The number of fused-ring (bicyclic) bond motifs is 2. The fraction of sp³-hybridized carbons (Fsp3) is 0.154. The van der Waals surface area contributed by atoms with Gasteiger partial charge >= 0.3 is 0 Å². The van der Waals surface area contributed by atoms with E-state index in [1.165, 1.54) is 0 Å². The molecule has 0 aromatic carbocycles. The van der Waals surface area contributed by atoms with Crippen LogP contribution in [0.5, 0.6) is 0 Å². The average molecular weight is 344 g/mol. The Hall–Kier alpha value is -2.35. The van der Waals surface area contributed by atoms with Crippen molar-refractivity contribution in [2.24, 2.45) is 0 Å². The third kappa shape index (κ3) is 1.99. The number of nitrogens with zero attached hydrogens (tertiary/aromatic N) is 7. The van der Waals surface area contributed by atoms with E-state index in [-0.39, 0.29) is 6.04 Å². The van der Waals surface area contributed by atoms with Crippen LogP contribution in [0.3, 0.4) is 0 Å². The normalized spacial score (nSPS) is 13.0. The van der Waals surface area contributed by atoms with E-state index in [0.717, 1.165) is 11.2 Å². The van der Waals surface area contributed by atoms with E-state index < -0.39 is 0 Å². The molecule has 0 spiro atoms. The first-order chi connectivity index (χ1) is 10.2. The van der Waals surface area contributed by atoms with Gasteiger partial charge in [0.25, 0.3) is 0 Å². The van der Waals surface area contributed by atoms with Crippen molar-refractivity contribution >= 4 is 32.9 Å². The zero-order chi connectivity index (χ0) is 14.4. The SMILES string of the molecule is CC(c1ccc2nccn2c1)n1nnc2ncc(Br)nc21. The van der Waals surface area contributed by atoms with Crippen molar-refractivity contribution in [3.05, 3.63) is 47.1 Å². The largest absolute Gasteiger partial charge is 0.307 e. The molecule has 7 nitrogen and oxygen atoms in total. The molecule has 4 aromatic heterocycles. The summed E-state index contributed by atoms with van der Waals surface area (Å²) < 4.78 is 4.41. The van der Waals surface area contributed by atoms with Crippen LogP contribution in [-0.4, -0.2) is 34.3 Å². The zero-order valence-corrected chi connectivity index (χ0v) is 12.6. The lowest BCUT2D eigenvalue weighted by Crippen LogP contribution is -2.10. The second-order valence-corrected chi connectivity index (χ2v) is 5.52. The van der Waals surface area contributed by atoms with E-state index in [1.54, 1.807) is 17.1 Å². The van der Waals surface area contributed by atoms with Crippen molar-refractivity contribution in [3.8, 4) is 0 Å². The van der Waals surface area contributed by atoms with Crippen molar-refractivity contribution in [2.45, 2.75) is 13.0 Å². The molecule has 0 radical (unpaired) electrons. The summed E-state index contributed by atoms with van der Waals surface area (Å²) in [7, 11) is 0. The van der Waals surface area contributed by atoms with Gasteiger partial charge in [-0.05, 0) is 34.5 Å². The van der Waals surface area contributed by atoms with Gasteiger partial charge in [-0.2, -0.15) is 0 Å². The molecule has 0 amide bonds. The molecule has 104 valence electrons. The van der Waals surface area contributed by atoms with Crippen LogP contribution in [-0.2, 0) is 0 Å². The van der Waals surface area contributed by atoms with Crippen LogP contribution in [0.2, 0.25) is 0 Å². The van der Waals surface area contributed by atoms with Crippen LogP contribution in [0.15, 0.2) is 41.5 Å². The predicted molar refractivity (Wildman–Crippen MR) is 79.8 cm³/mol. The van der Waals surface area contributed by atoms with Crippen molar-refractivity contribution in [1.29, 1.82) is 0 Å². The lowest BCUT2D eigenvalue weighted by atomic mass is 10.1. The van der Waals surface area contributed by atoms with E-state index in [1.807, 2.05) is 28.9 Å². The van der Waals surface area contributed by atoms with E-state index in [4.69, 9.17) is 0 Å². The highest BCUT2D eigenvalue weighted by atomic mass is 79.9. The molecule has 1 atom stereocenters. The monoisotopic (exact) mass is 343 g/mol. The van der Waals surface area contributed by atoms with Gasteiger partial charge in [-0.3, -0.25) is 0 Å². The van der Waals surface area contributed by atoms with Crippen molar-refractivity contribution in [1.82, 2.24) is 34.3 Å². The van der Waals surface area contributed by atoms with Gasteiger partial charge in [0, 0.05) is 18.6 Å². The first-order valence-corrected chi connectivity index (χ1v) is 7.18. The van der Waals surface area contributed by atoms with Gasteiger partial charge < -0.3 is 4.40 Å². The van der Waals surface area contributed by atoms with Gasteiger partial charge in [-0.25, -0.2) is 19.6 Å². The van der Waals surface area contributed by atoms with E-state index in [0.29, 0.717) is 15.9 Å². The van der Waals surface area contributed by atoms with E-state index in [9.17, 15) is 0 Å². The summed E-state index contributed by atoms with van der Waals surface area (Å²) >= 11 is 3.33. The third-order valence-corrected chi connectivity index (χ3v) is 3.80. The molecule has 1 unspecified atom stereocenters. The minimum Gasteiger partial charge on any atom is -0.307 e. The second-order valence-electron chi connectivity index (χ2n) is 4.71. The minimum absolute atomic E-state index is 0.00889. The van der Waals surface area contributed by atoms with Crippen molar-refractivity contribution < 1.29 is 0 Å². The number of rotatable bonds is 2. The van der Waals surface area contributed by atoms with Crippen LogP contribution in [0.1, 0.15) is 18.5 Å². The predicted octanol–water partition coefficient (Wildman–Crippen LogP) is 2.24. The van der Waals surface area contributed by atoms with Crippen molar-refractivity contribution in [3.63, 3.8) is 0 Å². The molecule has 0 aliphatic rings. The van der Waals surface area contributed by atoms with E-state index in [2.05, 4.69) is 48.1 Å². The maximum atomic E-state index is 4.41. The second kappa shape index (κ2) is 4.59. The molecule has 21 heavy (non-hydrogen) atoms. The van der Waals surface area contributed by atoms with Gasteiger partial charge in [0.2, 0.25) is 5.65 Å². The van der Waals surface area contributed by atoms with Gasteiger partial charge in [0.1, 0.15) is 10.3 Å². The summed E-state index contributed by atoms with van der Waals surface area (Å²) in [6, 6.07) is 4.00. The smallest absolute Gasteiger partial charge is 0.221 e. The van der Waals surface area contributed by atoms with Crippen LogP contribution in [0, 0.1) is 0 Å². The Kier molecular flexibility index (Phi) is 2.71. The summed E-state index contributed by atoms with van der Waals surface area (Å²) in [5.41, 5.74) is 3.20. The summed E-state index contributed by atoms with van der Waals surface area (Å²) in [6.07, 6.45) is 7.34. The Morgan fingerprint density at radius 3 is 3.05 bits per heavy atom. The summed E-state index contributed by atoms with van der Waals surface area (Å²) in [5, 5.41) is 8.23. The van der Waals surface area contributed by atoms with Gasteiger partial charge in [0.05, 0.1) is 12.2 Å². The van der Waals surface area contributed by atoms with Crippen LogP contribution < -0.4 is 0 Å². The Balaban J connectivity index is 1.84. The van der Waals surface area contributed by atoms with Gasteiger partial charge in [0.15, 0.2) is 5.65 Å². The number of imidazole rings is 1.